The van der Waals surface area contributed by atoms with Crippen molar-refractivity contribution in [3.63, 3.8) is 0 Å². The smallest absolute Gasteiger partial charge is 0.295 e. The Morgan fingerprint density at radius 3 is 2.83 bits per heavy atom. The molecule has 2 heterocycles. The van der Waals surface area contributed by atoms with Crippen LogP contribution in [0.2, 0.25) is 0 Å². The van der Waals surface area contributed by atoms with Crippen molar-refractivity contribution in [1.82, 2.24) is 10.1 Å². The van der Waals surface area contributed by atoms with Crippen LogP contribution in [0.15, 0.2) is 53.2 Å². The summed E-state index contributed by atoms with van der Waals surface area (Å²) in [6.07, 6.45) is 1.42. The minimum Gasteiger partial charge on any atom is -0.351 e. The van der Waals surface area contributed by atoms with Crippen molar-refractivity contribution < 1.29 is 9.32 Å². The minimum absolute atomic E-state index is 0.157. The number of nitrogens with zero attached hydrogens (tertiary/aromatic N) is 2. The quantitative estimate of drug-likeness (QED) is 0.745. The van der Waals surface area contributed by atoms with Gasteiger partial charge in [-0.3, -0.25) is 4.79 Å². The van der Waals surface area contributed by atoms with E-state index in [1.54, 1.807) is 6.07 Å². The number of fused-ring (bicyclic) bond motifs is 1. The summed E-state index contributed by atoms with van der Waals surface area (Å²) in [4.78, 5) is 16.1. The van der Waals surface area contributed by atoms with Gasteiger partial charge in [-0.1, -0.05) is 23.4 Å². The molecule has 3 rings (SSSR count). The first-order valence-corrected chi connectivity index (χ1v) is 5.41. The van der Waals surface area contributed by atoms with Gasteiger partial charge in [0.15, 0.2) is 0 Å². The summed E-state index contributed by atoms with van der Waals surface area (Å²) in [5.74, 6) is 0.273. The third-order valence-corrected chi connectivity index (χ3v) is 2.50. The first-order valence-electron chi connectivity index (χ1n) is 5.41. The van der Waals surface area contributed by atoms with Crippen LogP contribution in [0.1, 0.15) is 10.6 Å². The van der Waals surface area contributed by atoms with Gasteiger partial charge < -0.3 is 9.84 Å². The van der Waals surface area contributed by atoms with Crippen molar-refractivity contribution in [2.24, 2.45) is 0 Å². The number of benzene rings is 1. The molecule has 5 nitrogen and oxygen atoms in total. The molecule has 0 saturated heterocycles. The molecular weight excluding hydrogens is 230 g/mol. The molecule has 88 valence electrons. The van der Waals surface area contributed by atoms with Crippen LogP contribution in [0.25, 0.3) is 10.9 Å². The van der Waals surface area contributed by atoms with E-state index in [9.17, 15) is 4.79 Å². The zero-order valence-corrected chi connectivity index (χ0v) is 9.33. The second-order valence-corrected chi connectivity index (χ2v) is 3.72. The number of carbonyl (C=O) groups excluding carboxylic acids is 1. The maximum Gasteiger partial charge on any atom is 0.295 e. The monoisotopic (exact) mass is 239 g/mol. The van der Waals surface area contributed by atoms with Gasteiger partial charge in [-0.05, 0) is 18.2 Å². The number of pyridine rings is 1. The molecule has 0 aliphatic carbocycles. The summed E-state index contributed by atoms with van der Waals surface area (Å²) in [6, 6.07) is 12.8. The highest BCUT2D eigenvalue weighted by Crippen LogP contribution is 2.15. The lowest BCUT2D eigenvalue weighted by Gasteiger charge is -2.03. The van der Waals surface area contributed by atoms with Crippen molar-refractivity contribution in [2.45, 2.75) is 0 Å². The molecule has 3 aromatic rings. The lowest BCUT2D eigenvalue weighted by atomic mass is 10.2. The third kappa shape index (κ3) is 1.93. The van der Waals surface area contributed by atoms with E-state index in [2.05, 4.69) is 15.5 Å². The highest BCUT2D eigenvalue weighted by Gasteiger charge is 2.10. The number of carbonyl (C=O) groups is 1. The topological polar surface area (TPSA) is 68.0 Å². The van der Waals surface area contributed by atoms with Crippen LogP contribution >= 0.6 is 0 Å². The van der Waals surface area contributed by atoms with Crippen LogP contribution in [0.5, 0.6) is 0 Å². The Morgan fingerprint density at radius 2 is 2.00 bits per heavy atom. The highest BCUT2D eigenvalue weighted by atomic mass is 16.5. The van der Waals surface area contributed by atoms with Gasteiger partial charge in [-0.15, -0.1) is 0 Å². The molecule has 1 aromatic carbocycles. The van der Waals surface area contributed by atoms with E-state index >= 15 is 0 Å². The van der Waals surface area contributed by atoms with E-state index in [4.69, 9.17) is 4.52 Å². The lowest BCUT2D eigenvalue weighted by Crippen LogP contribution is -2.11. The zero-order chi connectivity index (χ0) is 12.4. The lowest BCUT2D eigenvalue weighted by molar-refractivity contribution is 0.0987. The van der Waals surface area contributed by atoms with Gasteiger partial charge in [0.05, 0.1) is 11.7 Å². The number of aromatic nitrogens is 2. The Bertz CT molecular complexity index is 692. The number of hydrogen-bond donors (Lipinski definition) is 1. The Morgan fingerprint density at radius 1 is 1.11 bits per heavy atom. The van der Waals surface area contributed by atoms with Crippen LogP contribution in [-0.4, -0.2) is 16.0 Å². The van der Waals surface area contributed by atoms with Gasteiger partial charge in [-0.2, -0.15) is 0 Å². The van der Waals surface area contributed by atoms with Crippen molar-refractivity contribution in [3.05, 3.63) is 54.4 Å². The largest absolute Gasteiger partial charge is 0.351 e. The van der Waals surface area contributed by atoms with E-state index in [0.717, 1.165) is 10.9 Å². The van der Waals surface area contributed by atoms with E-state index in [-0.39, 0.29) is 11.7 Å². The summed E-state index contributed by atoms with van der Waals surface area (Å²) >= 11 is 0. The maximum absolute atomic E-state index is 11.7. The van der Waals surface area contributed by atoms with Gasteiger partial charge in [0.2, 0.25) is 5.76 Å². The van der Waals surface area contributed by atoms with Crippen molar-refractivity contribution in [1.29, 1.82) is 0 Å². The van der Waals surface area contributed by atoms with Crippen LogP contribution in [0.3, 0.4) is 0 Å². The van der Waals surface area contributed by atoms with Crippen LogP contribution < -0.4 is 5.32 Å². The van der Waals surface area contributed by atoms with Crippen LogP contribution in [0, 0.1) is 0 Å². The summed E-state index contributed by atoms with van der Waals surface area (Å²) in [5.41, 5.74) is 0.827. The van der Waals surface area contributed by atoms with Gasteiger partial charge >= 0.3 is 0 Å². The molecule has 0 spiro atoms. The fourth-order valence-corrected chi connectivity index (χ4v) is 1.65. The Labute approximate surface area is 102 Å². The zero-order valence-electron chi connectivity index (χ0n) is 9.33. The molecule has 0 radical (unpaired) electrons. The molecular formula is C13H9N3O2. The molecule has 5 heteroatoms. The molecule has 0 bridgehead atoms. The summed E-state index contributed by atoms with van der Waals surface area (Å²) in [5, 5.41) is 7.15. The Balaban J connectivity index is 1.89. The van der Waals surface area contributed by atoms with Crippen molar-refractivity contribution >= 4 is 22.6 Å². The number of amides is 1. The third-order valence-electron chi connectivity index (χ3n) is 2.50. The molecule has 2 aromatic heterocycles. The molecule has 0 unspecified atom stereocenters. The highest BCUT2D eigenvalue weighted by molar-refractivity contribution is 6.02. The first kappa shape index (κ1) is 10.5. The average Bonchev–Trinajstić information content (AvgIpc) is 2.92. The number of nitrogens with one attached hydrogen (secondary N) is 1. The summed E-state index contributed by atoms with van der Waals surface area (Å²) in [6.45, 7) is 0. The second kappa shape index (κ2) is 4.29. The number of hydrogen-bond acceptors (Lipinski definition) is 4. The second-order valence-electron chi connectivity index (χ2n) is 3.72. The standard InChI is InChI=1S/C13H9N3O2/c17-13(11-7-8-14-18-11)16-12-6-5-9-3-1-2-4-10(9)15-12/h1-8H,(H,15,16,17). The fourth-order valence-electron chi connectivity index (χ4n) is 1.65. The van der Waals surface area contributed by atoms with Crippen LogP contribution in [0.4, 0.5) is 5.82 Å². The summed E-state index contributed by atoms with van der Waals surface area (Å²) in [7, 11) is 0. The molecule has 18 heavy (non-hydrogen) atoms. The van der Waals surface area contributed by atoms with Gasteiger partial charge in [0.25, 0.3) is 5.91 Å². The van der Waals surface area contributed by atoms with E-state index in [1.807, 2.05) is 30.3 Å². The Hall–Kier alpha value is -2.69. The van der Waals surface area contributed by atoms with Crippen molar-refractivity contribution in [3.8, 4) is 0 Å². The normalized spacial score (nSPS) is 10.4. The average molecular weight is 239 g/mol. The molecule has 0 fully saturated rings. The molecule has 0 saturated carbocycles. The molecule has 1 N–H and O–H groups in total. The number of anilines is 1. The Kier molecular flexibility index (Phi) is 2.49. The number of para-hydroxylation sites is 1. The van der Waals surface area contributed by atoms with Gasteiger partial charge in [-0.25, -0.2) is 4.98 Å². The minimum atomic E-state index is -0.365. The predicted molar refractivity (Wildman–Crippen MR) is 66.2 cm³/mol. The van der Waals surface area contributed by atoms with E-state index < -0.39 is 0 Å². The van der Waals surface area contributed by atoms with E-state index in [1.165, 1.54) is 12.3 Å². The van der Waals surface area contributed by atoms with E-state index in [0.29, 0.717) is 5.82 Å². The van der Waals surface area contributed by atoms with Gasteiger partial charge in [0, 0.05) is 11.5 Å². The molecule has 0 aliphatic heterocycles. The number of rotatable bonds is 2. The fraction of sp³-hybridized carbons (Fsp3) is 0. The SMILES string of the molecule is O=C(Nc1ccc2ccccc2n1)c1ccno1. The summed E-state index contributed by atoms with van der Waals surface area (Å²) < 4.78 is 4.77. The molecule has 1 amide bonds. The van der Waals surface area contributed by atoms with Crippen LogP contribution in [-0.2, 0) is 0 Å². The molecule has 0 aliphatic rings. The predicted octanol–water partition coefficient (Wildman–Crippen LogP) is 2.48. The molecule has 0 atom stereocenters. The van der Waals surface area contributed by atoms with Crippen molar-refractivity contribution in [2.75, 3.05) is 5.32 Å². The maximum atomic E-state index is 11.7. The first-order chi connectivity index (χ1) is 8.83. The van der Waals surface area contributed by atoms with Gasteiger partial charge in [0.1, 0.15) is 5.82 Å².